The van der Waals surface area contributed by atoms with Crippen LogP contribution in [-0.4, -0.2) is 34.5 Å². The van der Waals surface area contributed by atoms with E-state index >= 15 is 0 Å². The lowest BCUT2D eigenvalue weighted by Crippen LogP contribution is -2.40. The van der Waals surface area contributed by atoms with Gasteiger partial charge in [-0.3, -0.25) is 4.90 Å². The molecule has 5 heteroatoms. The Hall–Kier alpha value is -3.18. The first-order valence-electron chi connectivity index (χ1n) is 9.39. The maximum Gasteiger partial charge on any atom is 0.146 e. The summed E-state index contributed by atoms with van der Waals surface area (Å²) in [6.45, 7) is 4.11. The molecule has 2 aliphatic heterocycles. The number of aldehydes is 1. The van der Waals surface area contributed by atoms with Crippen molar-refractivity contribution in [3.05, 3.63) is 95.7 Å². The van der Waals surface area contributed by atoms with Gasteiger partial charge in [0.05, 0.1) is 18.5 Å². The Morgan fingerprint density at radius 1 is 1.14 bits per heavy atom. The number of hydrogen-bond acceptors (Lipinski definition) is 5. The monoisotopic (exact) mass is 373 g/mol. The normalized spacial score (nSPS) is 18.4. The molecule has 2 aromatic rings. The highest BCUT2D eigenvalue weighted by atomic mass is 16.3. The van der Waals surface area contributed by atoms with Gasteiger partial charge in [0.2, 0.25) is 0 Å². The van der Waals surface area contributed by atoms with Crippen molar-refractivity contribution in [1.82, 2.24) is 9.80 Å². The number of carbonyl (C=O) groups is 1. The molecule has 0 aliphatic carbocycles. The Kier molecular flexibility index (Phi) is 5.35. The van der Waals surface area contributed by atoms with Crippen molar-refractivity contribution >= 4 is 12.1 Å². The lowest BCUT2D eigenvalue weighted by atomic mass is 10.1. The van der Waals surface area contributed by atoms with Gasteiger partial charge in [-0.25, -0.2) is 4.99 Å². The zero-order chi connectivity index (χ0) is 19.3. The van der Waals surface area contributed by atoms with Crippen LogP contribution in [0.2, 0.25) is 0 Å². The summed E-state index contributed by atoms with van der Waals surface area (Å²) in [5.74, 6) is 1.72. The van der Waals surface area contributed by atoms with Crippen molar-refractivity contribution in [2.24, 2.45) is 4.99 Å². The van der Waals surface area contributed by atoms with Crippen LogP contribution < -0.4 is 0 Å². The van der Waals surface area contributed by atoms with E-state index in [-0.39, 0.29) is 6.04 Å². The van der Waals surface area contributed by atoms with E-state index in [0.717, 1.165) is 35.7 Å². The Morgan fingerprint density at radius 3 is 2.75 bits per heavy atom. The van der Waals surface area contributed by atoms with E-state index < -0.39 is 0 Å². The zero-order valence-electron chi connectivity index (χ0n) is 15.9. The van der Waals surface area contributed by atoms with Crippen LogP contribution in [0.1, 0.15) is 18.2 Å². The van der Waals surface area contributed by atoms with Crippen molar-refractivity contribution in [2.45, 2.75) is 26.1 Å². The van der Waals surface area contributed by atoms with Crippen molar-refractivity contribution in [1.29, 1.82) is 0 Å². The lowest BCUT2D eigenvalue weighted by molar-refractivity contribution is -0.109. The number of hydrogen-bond donors (Lipinski definition) is 0. The Bertz CT molecular complexity index is 939. The quantitative estimate of drug-likeness (QED) is 0.690. The summed E-state index contributed by atoms with van der Waals surface area (Å²) in [6.07, 6.45) is 10.5. The number of fused-ring (bicyclic) bond motifs is 1. The molecule has 0 bridgehead atoms. The van der Waals surface area contributed by atoms with Gasteiger partial charge >= 0.3 is 0 Å². The van der Waals surface area contributed by atoms with Crippen LogP contribution in [-0.2, 0) is 17.9 Å². The number of aliphatic imine (C=N–C) groups is 1. The second-order valence-corrected chi connectivity index (χ2v) is 7.08. The molecule has 1 aromatic carbocycles. The topological polar surface area (TPSA) is 49.1 Å². The van der Waals surface area contributed by atoms with Gasteiger partial charge in [0.15, 0.2) is 0 Å². The third-order valence-corrected chi connectivity index (χ3v) is 4.80. The lowest BCUT2D eigenvalue weighted by Gasteiger charge is -2.32. The molecule has 5 nitrogen and oxygen atoms in total. The van der Waals surface area contributed by atoms with Crippen LogP contribution in [0.5, 0.6) is 0 Å². The molecule has 1 unspecified atom stereocenters. The average molecular weight is 373 g/mol. The molecule has 2 aliphatic rings. The van der Waals surface area contributed by atoms with Gasteiger partial charge in [0, 0.05) is 19.3 Å². The molecule has 142 valence electrons. The molecule has 28 heavy (non-hydrogen) atoms. The predicted octanol–water partition coefficient (Wildman–Crippen LogP) is 3.92. The molecule has 0 fully saturated rings. The van der Waals surface area contributed by atoms with Gasteiger partial charge < -0.3 is 14.1 Å². The third-order valence-electron chi connectivity index (χ3n) is 4.80. The minimum Gasteiger partial charge on any atom is -0.468 e. The number of furan rings is 1. The van der Waals surface area contributed by atoms with E-state index in [9.17, 15) is 4.79 Å². The first kappa shape index (κ1) is 18.2. The molecule has 4 rings (SSSR count). The van der Waals surface area contributed by atoms with Gasteiger partial charge in [0.1, 0.15) is 23.9 Å². The Morgan fingerprint density at radius 2 is 2.00 bits per heavy atom. The van der Waals surface area contributed by atoms with Crippen molar-refractivity contribution in [3.63, 3.8) is 0 Å². The molecule has 0 saturated carbocycles. The number of benzene rings is 1. The Balaban J connectivity index is 1.57. The maximum atomic E-state index is 11.7. The van der Waals surface area contributed by atoms with Crippen molar-refractivity contribution < 1.29 is 9.21 Å². The van der Waals surface area contributed by atoms with Crippen LogP contribution in [0.15, 0.2) is 93.8 Å². The predicted molar refractivity (Wildman–Crippen MR) is 109 cm³/mol. The zero-order valence-corrected chi connectivity index (χ0v) is 15.9. The average Bonchev–Trinajstić information content (AvgIpc) is 3.20. The van der Waals surface area contributed by atoms with Gasteiger partial charge in [0.25, 0.3) is 0 Å². The fourth-order valence-corrected chi connectivity index (χ4v) is 3.46. The van der Waals surface area contributed by atoms with Crippen LogP contribution >= 0.6 is 0 Å². The molecule has 0 radical (unpaired) electrons. The van der Waals surface area contributed by atoms with Crippen LogP contribution in [0.4, 0.5) is 0 Å². The highest BCUT2D eigenvalue weighted by molar-refractivity contribution is 5.99. The highest BCUT2D eigenvalue weighted by Crippen LogP contribution is 2.22. The fourth-order valence-electron chi connectivity index (χ4n) is 3.46. The number of carbonyl (C=O) groups excluding carboxylic acids is 1. The molecule has 0 spiro atoms. The van der Waals surface area contributed by atoms with E-state index in [0.29, 0.717) is 13.1 Å². The summed E-state index contributed by atoms with van der Waals surface area (Å²) in [6, 6.07) is 13.9. The van der Waals surface area contributed by atoms with Crippen LogP contribution in [0.3, 0.4) is 0 Å². The van der Waals surface area contributed by atoms with Crippen molar-refractivity contribution in [3.8, 4) is 0 Å². The second kappa shape index (κ2) is 8.23. The molecule has 3 heterocycles. The molecular weight excluding hydrogens is 350 g/mol. The molecule has 0 saturated heterocycles. The summed E-state index contributed by atoms with van der Waals surface area (Å²) in [5, 5.41) is 0. The van der Waals surface area contributed by atoms with Crippen molar-refractivity contribution in [2.75, 3.05) is 6.54 Å². The minimum absolute atomic E-state index is 0.328. The smallest absolute Gasteiger partial charge is 0.146 e. The molecule has 0 amide bonds. The van der Waals surface area contributed by atoms with Gasteiger partial charge in [-0.05, 0) is 48.4 Å². The number of rotatable bonds is 7. The molecular formula is C23H23N3O2. The highest BCUT2D eigenvalue weighted by Gasteiger charge is 2.25. The summed E-state index contributed by atoms with van der Waals surface area (Å²) in [4.78, 5) is 20.6. The molecule has 0 N–H and O–H groups in total. The summed E-state index contributed by atoms with van der Waals surface area (Å²) in [7, 11) is 0. The SMILES string of the molecule is CC1=CC2=NC(CN(Cc3ccccc3)Cc3ccco3)=CC(C=O)N2C=C1. The van der Waals surface area contributed by atoms with Gasteiger partial charge in [-0.2, -0.15) is 0 Å². The van der Waals surface area contributed by atoms with Gasteiger partial charge in [-0.1, -0.05) is 30.3 Å². The number of allylic oxidation sites excluding steroid dienone is 2. The number of nitrogens with zero attached hydrogens (tertiary/aromatic N) is 3. The summed E-state index contributed by atoms with van der Waals surface area (Å²) in [5.41, 5.74) is 3.24. The van der Waals surface area contributed by atoms with Crippen LogP contribution in [0.25, 0.3) is 0 Å². The minimum atomic E-state index is -0.328. The largest absolute Gasteiger partial charge is 0.468 e. The van der Waals surface area contributed by atoms with E-state index in [2.05, 4.69) is 17.0 Å². The summed E-state index contributed by atoms with van der Waals surface area (Å²) < 4.78 is 5.55. The van der Waals surface area contributed by atoms with E-state index in [1.54, 1.807) is 6.26 Å². The third kappa shape index (κ3) is 4.21. The molecule has 1 aromatic heterocycles. The first-order valence-corrected chi connectivity index (χ1v) is 9.39. The van der Waals surface area contributed by atoms with E-state index in [1.165, 1.54) is 5.56 Å². The maximum absolute atomic E-state index is 11.7. The van der Waals surface area contributed by atoms with Crippen LogP contribution in [0, 0.1) is 0 Å². The molecule has 1 atom stereocenters. The fraction of sp³-hybridized carbons (Fsp3) is 0.217. The standard InChI is InChI=1S/C23H23N3O2/c1-18-9-10-26-21(17-27)13-20(24-23(26)12-18)15-25(16-22-8-5-11-28-22)14-19-6-3-2-4-7-19/h2-13,17,21H,14-16H2,1H3. The Labute approximate surface area is 165 Å². The number of amidine groups is 1. The first-order chi connectivity index (χ1) is 13.7. The van der Waals surface area contributed by atoms with Gasteiger partial charge in [-0.15, -0.1) is 0 Å². The van der Waals surface area contributed by atoms with E-state index in [4.69, 9.17) is 9.41 Å². The van der Waals surface area contributed by atoms with E-state index in [1.807, 2.05) is 66.6 Å². The summed E-state index contributed by atoms with van der Waals surface area (Å²) >= 11 is 0. The second-order valence-electron chi connectivity index (χ2n) is 7.08.